The molecule has 0 unspecified atom stereocenters. The highest BCUT2D eigenvalue weighted by Gasteiger charge is 2.12. The molecule has 0 aliphatic rings. The third kappa shape index (κ3) is 7.56. The molecule has 27 heavy (non-hydrogen) atoms. The molecule has 0 bridgehead atoms. The molecule has 0 aromatic heterocycles. The molecule has 0 aliphatic heterocycles. The summed E-state index contributed by atoms with van der Waals surface area (Å²) in [6.07, 6.45) is 1.02. The molecule has 146 valence electrons. The average Bonchev–Trinajstić information content (AvgIpc) is 2.57. The fourth-order valence-electron chi connectivity index (χ4n) is 2.39. The van der Waals surface area contributed by atoms with Crippen molar-refractivity contribution >= 4 is 27.4 Å². The van der Waals surface area contributed by atoms with Crippen LogP contribution in [0, 0.1) is 0 Å². The maximum Gasteiger partial charge on any atom is 0.306 e. The standard InChI is InChI=1S/C20H26N2O3S2/c1-20(2,3)17-9-5-15(6-10-17)13-21-19(26)22-14-16-7-11-18(12-8-16)25-27(4,23)24/h5-12H,13-14H2,1-4H3,(H2,21,22,26). The van der Waals surface area contributed by atoms with Gasteiger partial charge in [0.2, 0.25) is 0 Å². The van der Waals surface area contributed by atoms with Gasteiger partial charge in [-0.15, -0.1) is 0 Å². The Hall–Kier alpha value is -2.12. The Bertz CT molecular complexity index is 869. The fraction of sp³-hybridized carbons (Fsp3) is 0.350. The lowest BCUT2D eigenvalue weighted by molar-refractivity contribution is 0.493. The van der Waals surface area contributed by atoms with Crippen molar-refractivity contribution in [2.45, 2.75) is 39.3 Å². The molecule has 2 aromatic rings. The van der Waals surface area contributed by atoms with Crippen LogP contribution in [0.3, 0.4) is 0 Å². The van der Waals surface area contributed by atoms with Crippen LogP contribution in [0.2, 0.25) is 0 Å². The molecule has 0 spiro atoms. The smallest absolute Gasteiger partial charge is 0.306 e. The highest BCUT2D eigenvalue weighted by atomic mass is 32.2. The third-order valence-electron chi connectivity index (χ3n) is 3.90. The van der Waals surface area contributed by atoms with Gasteiger partial charge in [-0.1, -0.05) is 57.2 Å². The Morgan fingerprint density at radius 2 is 1.37 bits per heavy atom. The molecule has 0 radical (unpaired) electrons. The summed E-state index contributed by atoms with van der Waals surface area (Å²) in [6.45, 7) is 7.77. The zero-order valence-electron chi connectivity index (χ0n) is 16.1. The van der Waals surface area contributed by atoms with Crippen molar-refractivity contribution in [2.75, 3.05) is 6.26 Å². The normalized spacial score (nSPS) is 11.7. The van der Waals surface area contributed by atoms with Crippen LogP contribution >= 0.6 is 12.2 Å². The van der Waals surface area contributed by atoms with Gasteiger partial charge >= 0.3 is 10.1 Å². The van der Waals surface area contributed by atoms with Gasteiger partial charge in [0.15, 0.2) is 5.11 Å². The molecule has 5 nitrogen and oxygen atoms in total. The molecule has 0 fully saturated rings. The average molecular weight is 407 g/mol. The summed E-state index contributed by atoms with van der Waals surface area (Å²) in [5.41, 5.74) is 3.57. The van der Waals surface area contributed by atoms with Crippen LogP contribution in [0.5, 0.6) is 5.75 Å². The number of thiocarbonyl (C=S) groups is 1. The molecule has 2 aromatic carbocycles. The van der Waals surface area contributed by atoms with Gasteiger partial charge in [-0.05, 0) is 46.5 Å². The van der Waals surface area contributed by atoms with E-state index in [4.69, 9.17) is 16.4 Å². The van der Waals surface area contributed by atoms with E-state index < -0.39 is 10.1 Å². The zero-order valence-corrected chi connectivity index (χ0v) is 17.7. The largest absolute Gasteiger partial charge is 0.383 e. The minimum Gasteiger partial charge on any atom is -0.383 e. The Labute approximate surface area is 167 Å². The second-order valence-corrected chi connectivity index (χ2v) is 9.40. The lowest BCUT2D eigenvalue weighted by Crippen LogP contribution is -2.34. The highest BCUT2D eigenvalue weighted by Crippen LogP contribution is 2.22. The summed E-state index contributed by atoms with van der Waals surface area (Å²) < 4.78 is 27.0. The van der Waals surface area contributed by atoms with Crippen LogP contribution in [0.4, 0.5) is 0 Å². The lowest BCUT2D eigenvalue weighted by atomic mass is 9.87. The molecule has 2 N–H and O–H groups in total. The van der Waals surface area contributed by atoms with Crippen LogP contribution in [0.1, 0.15) is 37.5 Å². The number of benzene rings is 2. The van der Waals surface area contributed by atoms with Gasteiger partial charge in [0.1, 0.15) is 5.75 Å². The quantitative estimate of drug-likeness (QED) is 0.565. The van der Waals surface area contributed by atoms with E-state index in [1.54, 1.807) is 24.3 Å². The van der Waals surface area contributed by atoms with E-state index in [2.05, 4.69) is 55.7 Å². The minimum atomic E-state index is -3.51. The Morgan fingerprint density at radius 1 is 0.926 bits per heavy atom. The third-order valence-corrected chi connectivity index (χ3v) is 4.68. The summed E-state index contributed by atoms with van der Waals surface area (Å²) in [5, 5.41) is 6.88. The first-order chi connectivity index (χ1) is 12.5. The van der Waals surface area contributed by atoms with Crippen LogP contribution in [-0.2, 0) is 28.6 Å². The second kappa shape index (κ2) is 8.71. The van der Waals surface area contributed by atoms with E-state index in [1.165, 1.54) is 5.56 Å². The summed E-state index contributed by atoms with van der Waals surface area (Å²) in [4.78, 5) is 0. The molecular formula is C20H26N2O3S2. The Balaban J connectivity index is 1.79. The summed E-state index contributed by atoms with van der Waals surface area (Å²) in [7, 11) is -3.51. The molecule has 0 saturated heterocycles. The zero-order chi connectivity index (χ0) is 20.1. The molecule has 0 aliphatic carbocycles. The van der Waals surface area contributed by atoms with Gasteiger partial charge < -0.3 is 14.8 Å². The highest BCUT2D eigenvalue weighted by molar-refractivity contribution is 7.86. The number of nitrogens with one attached hydrogen (secondary N) is 2. The van der Waals surface area contributed by atoms with Gasteiger partial charge in [-0.3, -0.25) is 0 Å². The van der Waals surface area contributed by atoms with Gasteiger partial charge in [-0.25, -0.2) is 0 Å². The molecule has 0 atom stereocenters. The number of hydrogen-bond donors (Lipinski definition) is 2. The van der Waals surface area contributed by atoms with Crippen LogP contribution in [0.15, 0.2) is 48.5 Å². The molecule has 0 heterocycles. The monoisotopic (exact) mass is 406 g/mol. The number of hydrogen-bond acceptors (Lipinski definition) is 4. The second-order valence-electron chi connectivity index (χ2n) is 7.41. The molecule has 2 rings (SSSR count). The first-order valence-electron chi connectivity index (χ1n) is 8.62. The van der Waals surface area contributed by atoms with E-state index in [1.807, 2.05) is 0 Å². The first-order valence-corrected chi connectivity index (χ1v) is 10.8. The summed E-state index contributed by atoms with van der Waals surface area (Å²) in [5.74, 6) is 0.292. The van der Waals surface area contributed by atoms with E-state index in [0.29, 0.717) is 24.0 Å². The number of rotatable bonds is 6. The van der Waals surface area contributed by atoms with Gasteiger partial charge in [0.05, 0.1) is 6.26 Å². The Morgan fingerprint density at radius 3 is 1.78 bits per heavy atom. The van der Waals surface area contributed by atoms with Crippen LogP contribution < -0.4 is 14.8 Å². The minimum absolute atomic E-state index is 0.144. The topological polar surface area (TPSA) is 67.4 Å². The molecular weight excluding hydrogens is 380 g/mol. The molecule has 0 saturated carbocycles. The van der Waals surface area contributed by atoms with Crippen molar-refractivity contribution in [1.82, 2.24) is 10.6 Å². The van der Waals surface area contributed by atoms with Crippen LogP contribution in [-0.4, -0.2) is 19.8 Å². The van der Waals surface area contributed by atoms with Gasteiger partial charge in [-0.2, -0.15) is 8.42 Å². The summed E-state index contributed by atoms with van der Waals surface area (Å²) >= 11 is 5.31. The van der Waals surface area contributed by atoms with Crippen molar-refractivity contribution < 1.29 is 12.6 Å². The SMILES string of the molecule is CC(C)(C)c1ccc(CNC(=S)NCc2ccc(OS(C)(=O)=O)cc2)cc1. The molecule has 7 heteroatoms. The van der Waals surface area contributed by atoms with Gasteiger partial charge in [0, 0.05) is 13.1 Å². The Kier molecular flexibility index (Phi) is 6.84. The van der Waals surface area contributed by atoms with Crippen LogP contribution in [0.25, 0.3) is 0 Å². The van der Waals surface area contributed by atoms with Crippen molar-refractivity contribution in [3.63, 3.8) is 0 Å². The fourth-order valence-corrected chi connectivity index (χ4v) is 2.99. The van der Waals surface area contributed by atoms with E-state index >= 15 is 0 Å². The van der Waals surface area contributed by atoms with E-state index in [-0.39, 0.29) is 5.41 Å². The maximum absolute atomic E-state index is 11.1. The predicted octanol–water partition coefficient (Wildman–Crippen LogP) is 3.49. The maximum atomic E-state index is 11.1. The first kappa shape index (κ1) is 21.2. The molecule has 0 amide bonds. The predicted molar refractivity (Wildman–Crippen MR) is 113 cm³/mol. The van der Waals surface area contributed by atoms with Crippen molar-refractivity contribution in [3.8, 4) is 5.75 Å². The van der Waals surface area contributed by atoms with E-state index in [9.17, 15) is 8.42 Å². The van der Waals surface area contributed by atoms with Crippen molar-refractivity contribution in [3.05, 3.63) is 65.2 Å². The summed E-state index contributed by atoms with van der Waals surface area (Å²) in [6, 6.07) is 15.3. The van der Waals surface area contributed by atoms with Crippen molar-refractivity contribution in [2.24, 2.45) is 0 Å². The van der Waals surface area contributed by atoms with E-state index in [0.717, 1.165) is 17.4 Å². The lowest BCUT2D eigenvalue weighted by Gasteiger charge is -2.19. The van der Waals surface area contributed by atoms with Gasteiger partial charge in [0.25, 0.3) is 0 Å². The van der Waals surface area contributed by atoms with Crippen molar-refractivity contribution in [1.29, 1.82) is 0 Å².